The standard InChI is InChI=1S/C25H35N9O3/c1-32(2)11-6-14-37-19-8-7-18-20(21(19)36-5)30-25(34-13-10-26-22(18)34)31-23(35)17-15-28-24(29-16-17)27-9-12-33(3)4/h7-8,15-16,26H,6,9-14H2,1-5H3,(H,27,28,29). The van der Waals surface area contributed by atoms with E-state index in [4.69, 9.17) is 14.5 Å². The number of aromatic nitrogens is 4. The number of nitrogens with one attached hydrogen (secondary N) is 2. The van der Waals surface area contributed by atoms with Crippen LogP contribution in [-0.4, -0.2) is 103 Å². The molecule has 1 amide bonds. The van der Waals surface area contributed by atoms with E-state index in [2.05, 4.69) is 35.4 Å². The molecule has 0 saturated heterocycles. The third-order valence-corrected chi connectivity index (χ3v) is 5.86. The van der Waals surface area contributed by atoms with E-state index in [0.717, 1.165) is 30.7 Å². The summed E-state index contributed by atoms with van der Waals surface area (Å²) in [6.45, 7) is 4.36. The predicted octanol–water partition coefficient (Wildman–Crippen LogP) is 1.31. The first-order valence-electron chi connectivity index (χ1n) is 12.3. The highest BCUT2D eigenvalue weighted by Gasteiger charge is 2.21. The van der Waals surface area contributed by atoms with E-state index in [9.17, 15) is 4.79 Å². The molecule has 0 radical (unpaired) electrons. The molecule has 12 nitrogen and oxygen atoms in total. The molecule has 198 valence electrons. The summed E-state index contributed by atoms with van der Waals surface area (Å²) in [6, 6.07) is 3.85. The van der Waals surface area contributed by atoms with Gasteiger partial charge in [-0.25, -0.2) is 15.0 Å². The van der Waals surface area contributed by atoms with Gasteiger partial charge >= 0.3 is 0 Å². The lowest BCUT2D eigenvalue weighted by molar-refractivity contribution is 0.0996. The highest BCUT2D eigenvalue weighted by Crippen LogP contribution is 2.37. The number of hydrogen-bond donors (Lipinski definition) is 2. The molecule has 0 saturated carbocycles. The number of carbonyl (C=O) groups excluding carboxylic acids is 1. The largest absolute Gasteiger partial charge is 0.491 e. The van der Waals surface area contributed by atoms with Gasteiger partial charge < -0.3 is 29.9 Å². The fraction of sp³-hybridized carbons (Fsp3) is 0.480. The van der Waals surface area contributed by atoms with Gasteiger partial charge in [0.2, 0.25) is 11.6 Å². The summed E-state index contributed by atoms with van der Waals surface area (Å²) in [5.41, 5.74) is 1.15. The minimum absolute atomic E-state index is 0.283. The summed E-state index contributed by atoms with van der Waals surface area (Å²) in [4.78, 5) is 34.7. The molecule has 1 aromatic carbocycles. The summed E-state index contributed by atoms with van der Waals surface area (Å²) < 4.78 is 13.6. The fourth-order valence-corrected chi connectivity index (χ4v) is 3.98. The van der Waals surface area contributed by atoms with Gasteiger partial charge in [0.05, 0.1) is 19.3 Å². The van der Waals surface area contributed by atoms with Crippen molar-refractivity contribution in [3.63, 3.8) is 0 Å². The molecule has 0 spiro atoms. The fourth-order valence-electron chi connectivity index (χ4n) is 3.98. The zero-order chi connectivity index (χ0) is 26.4. The second kappa shape index (κ2) is 12.0. The number of amides is 1. The summed E-state index contributed by atoms with van der Waals surface area (Å²) in [5, 5.41) is 7.38. The molecule has 37 heavy (non-hydrogen) atoms. The molecule has 0 atom stereocenters. The quantitative estimate of drug-likeness (QED) is 0.366. The minimum atomic E-state index is -0.469. The maximum absolute atomic E-state index is 13.0. The topological polar surface area (TPSA) is 122 Å². The third kappa shape index (κ3) is 6.33. The van der Waals surface area contributed by atoms with Gasteiger partial charge in [0.25, 0.3) is 5.91 Å². The maximum Gasteiger partial charge on any atom is 0.283 e. The lowest BCUT2D eigenvalue weighted by atomic mass is 10.2. The highest BCUT2D eigenvalue weighted by molar-refractivity contribution is 5.96. The van der Waals surface area contributed by atoms with Crippen molar-refractivity contribution in [1.29, 1.82) is 0 Å². The van der Waals surface area contributed by atoms with Crippen molar-refractivity contribution in [3.8, 4) is 11.5 Å². The second-order valence-electron chi connectivity index (χ2n) is 9.28. The van der Waals surface area contributed by atoms with Crippen LogP contribution in [0.3, 0.4) is 0 Å². The van der Waals surface area contributed by atoms with Crippen molar-refractivity contribution >= 4 is 28.6 Å². The molecule has 2 N–H and O–H groups in total. The second-order valence-corrected chi connectivity index (χ2v) is 9.28. The van der Waals surface area contributed by atoms with Crippen molar-refractivity contribution in [1.82, 2.24) is 29.3 Å². The molecule has 0 aliphatic carbocycles. The SMILES string of the molecule is COc1c(OCCCN(C)C)ccc2c3n(c(=NC(=O)c4cnc(NCCN(C)C)nc4)nc12)CCN3. The van der Waals surface area contributed by atoms with Gasteiger partial charge in [0.15, 0.2) is 11.5 Å². The Kier molecular flexibility index (Phi) is 8.51. The van der Waals surface area contributed by atoms with E-state index in [1.807, 2.05) is 44.9 Å². The van der Waals surface area contributed by atoms with Gasteiger partial charge in [0.1, 0.15) is 11.3 Å². The van der Waals surface area contributed by atoms with Gasteiger partial charge in [-0.2, -0.15) is 4.99 Å². The molecule has 4 rings (SSSR count). The van der Waals surface area contributed by atoms with Gasteiger partial charge in [-0.3, -0.25) is 9.36 Å². The van der Waals surface area contributed by atoms with Gasteiger partial charge in [-0.15, -0.1) is 0 Å². The van der Waals surface area contributed by atoms with Crippen molar-refractivity contribution < 1.29 is 14.3 Å². The molecular formula is C25H35N9O3. The van der Waals surface area contributed by atoms with Crippen molar-refractivity contribution in [2.75, 3.05) is 78.7 Å². The number of carbonyl (C=O) groups is 1. The number of methoxy groups -OCH3 is 1. The first-order chi connectivity index (χ1) is 17.9. The van der Waals surface area contributed by atoms with Crippen LogP contribution in [0.5, 0.6) is 11.5 Å². The van der Waals surface area contributed by atoms with Crippen LogP contribution in [0.15, 0.2) is 29.5 Å². The first kappa shape index (κ1) is 26.3. The summed E-state index contributed by atoms with van der Waals surface area (Å²) in [5.74, 6) is 1.95. The van der Waals surface area contributed by atoms with Crippen LogP contribution in [-0.2, 0) is 6.54 Å². The number of anilines is 2. The molecule has 1 aliphatic rings. The Morgan fingerprint density at radius 2 is 1.92 bits per heavy atom. The average Bonchev–Trinajstić information content (AvgIpc) is 3.37. The summed E-state index contributed by atoms with van der Waals surface area (Å²) >= 11 is 0. The Bertz CT molecular complexity index is 1300. The number of likely N-dealkylation sites (N-methyl/N-ethyl adjacent to an activating group) is 1. The summed E-state index contributed by atoms with van der Waals surface area (Å²) in [7, 11) is 9.63. The van der Waals surface area contributed by atoms with Crippen molar-refractivity contribution in [2.45, 2.75) is 13.0 Å². The van der Waals surface area contributed by atoms with Crippen LogP contribution in [0, 0.1) is 0 Å². The van der Waals surface area contributed by atoms with Crippen molar-refractivity contribution in [2.24, 2.45) is 4.99 Å². The van der Waals surface area contributed by atoms with E-state index in [-0.39, 0.29) is 11.2 Å². The summed E-state index contributed by atoms with van der Waals surface area (Å²) in [6.07, 6.45) is 3.83. The Balaban J connectivity index is 1.63. The number of rotatable bonds is 11. The Morgan fingerprint density at radius 3 is 2.62 bits per heavy atom. The number of benzene rings is 1. The lowest BCUT2D eigenvalue weighted by Crippen LogP contribution is -2.25. The molecule has 2 aromatic heterocycles. The molecule has 0 unspecified atom stereocenters. The van der Waals surface area contributed by atoms with Crippen LogP contribution >= 0.6 is 0 Å². The van der Waals surface area contributed by atoms with E-state index < -0.39 is 5.91 Å². The number of hydrogen-bond acceptors (Lipinski definition) is 10. The zero-order valence-electron chi connectivity index (χ0n) is 22.1. The molecule has 3 aromatic rings. The molecule has 3 heterocycles. The Labute approximate surface area is 216 Å². The Morgan fingerprint density at radius 1 is 1.16 bits per heavy atom. The molecule has 12 heteroatoms. The highest BCUT2D eigenvalue weighted by atomic mass is 16.5. The Hall–Kier alpha value is -3.77. The first-order valence-corrected chi connectivity index (χ1v) is 12.3. The predicted molar refractivity (Wildman–Crippen MR) is 142 cm³/mol. The molecular weight excluding hydrogens is 474 g/mol. The van der Waals surface area contributed by atoms with Crippen LogP contribution < -0.4 is 25.7 Å². The number of nitrogens with zero attached hydrogens (tertiary/aromatic N) is 7. The minimum Gasteiger partial charge on any atom is -0.491 e. The van der Waals surface area contributed by atoms with E-state index in [0.29, 0.717) is 49.2 Å². The molecule has 0 fully saturated rings. The normalized spacial score (nSPS) is 13.2. The van der Waals surface area contributed by atoms with Crippen LogP contribution in [0.25, 0.3) is 10.9 Å². The molecule has 1 aliphatic heterocycles. The van der Waals surface area contributed by atoms with E-state index in [1.165, 1.54) is 12.4 Å². The van der Waals surface area contributed by atoms with Crippen molar-refractivity contribution in [3.05, 3.63) is 35.7 Å². The van der Waals surface area contributed by atoms with Crippen LogP contribution in [0.2, 0.25) is 0 Å². The smallest absolute Gasteiger partial charge is 0.283 e. The maximum atomic E-state index is 13.0. The van der Waals surface area contributed by atoms with Gasteiger partial charge in [-0.05, 0) is 46.7 Å². The third-order valence-electron chi connectivity index (χ3n) is 5.86. The molecule has 0 bridgehead atoms. The van der Waals surface area contributed by atoms with Gasteiger partial charge in [0, 0.05) is 50.5 Å². The number of fused-ring (bicyclic) bond motifs is 3. The van der Waals surface area contributed by atoms with E-state index in [1.54, 1.807) is 7.11 Å². The monoisotopic (exact) mass is 509 g/mol. The van der Waals surface area contributed by atoms with E-state index >= 15 is 0 Å². The zero-order valence-corrected chi connectivity index (χ0v) is 22.1. The number of ether oxygens (including phenoxy) is 2. The van der Waals surface area contributed by atoms with Crippen LogP contribution in [0.4, 0.5) is 11.8 Å². The van der Waals surface area contributed by atoms with Crippen LogP contribution in [0.1, 0.15) is 16.8 Å². The average molecular weight is 510 g/mol. The van der Waals surface area contributed by atoms with Gasteiger partial charge in [-0.1, -0.05) is 0 Å². The lowest BCUT2D eigenvalue weighted by Gasteiger charge is -2.15.